The normalized spacial score (nSPS) is 10.7. The van der Waals surface area contributed by atoms with Crippen LogP contribution in [-0.2, 0) is 11.3 Å². The summed E-state index contributed by atoms with van der Waals surface area (Å²) in [5.74, 6) is -0.317. The van der Waals surface area contributed by atoms with E-state index in [1.807, 2.05) is 34.9 Å². The van der Waals surface area contributed by atoms with E-state index < -0.39 is 17.6 Å². The average Bonchev–Trinajstić information content (AvgIpc) is 3.47. The van der Waals surface area contributed by atoms with Crippen LogP contribution in [0.1, 0.15) is 15.9 Å². The molecule has 0 aliphatic heterocycles. The lowest BCUT2D eigenvalue weighted by molar-refractivity contribution is -0.119. The van der Waals surface area contributed by atoms with E-state index in [0.717, 1.165) is 5.56 Å². The van der Waals surface area contributed by atoms with Crippen LogP contribution in [-0.4, -0.2) is 32.3 Å². The van der Waals surface area contributed by atoms with Crippen LogP contribution in [0, 0.1) is 5.82 Å². The largest absolute Gasteiger partial charge is 0.461 e. The number of rotatable bonds is 7. The molecule has 0 unspecified atom stereocenters. The third kappa shape index (κ3) is 5.22. The summed E-state index contributed by atoms with van der Waals surface area (Å²) in [4.78, 5) is 24.3. The fraction of sp³-hybridized carbons (Fsp3) is 0.0909. The van der Waals surface area contributed by atoms with Gasteiger partial charge in [-0.15, -0.1) is 10.2 Å². The molecule has 0 aliphatic rings. The van der Waals surface area contributed by atoms with Gasteiger partial charge < -0.3 is 4.42 Å². The van der Waals surface area contributed by atoms with Crippen molar-refractivity contribution in [1.29, 1.82) is 0 Å². The Bertz CT molecular complexity index is 1190. The Hall–Kier alpha value is -3.92. The first-order valence-corrected chi connectivity index (χ1v) is 10.6. The lowest BCUT2D eigenvalue weighted by atomic mass is 10.2. The fourth-order valence-electron chi connectivity index (χ4n) is 2.86. The van der Waals surface area contributed by atoms with Crippen molar-refractivity contribution in [3.05, 3.63) is 89.9 Å². The van der Waals surface area contributed by atoms with Crippen molar-refractivity contribution in [2.24, 2.45) is 0 Å². The Kier molecular flexibility index (Phi) is 6.61. The number of halogens is 1. The maximum Gasteiger partial charge on any atom is 0.269 e. The minimum Gasteiger partial charge on any atom is -0.461 e. The minimum atomic E-state index is -0.546. The summed E-state index contributed by atoms with van der Waals surface area (Å²) in [5, 5.41) is 8.95. The van der Waals surface area contributed by atoms with Crippen molar-refractivity contribution < 1.29 is 18.4 Å². The Morgan fingerprint density at radius 3 is 2.47 bits per heavy atom. The van der Waals surface area contributed by atoms with E-state index in [1.165, 1.54) is 36.0 Å². The van der Waals surface area contributed by atoms with E-state index in [-0.39, 0.29) is 11.3 Å². The Labute approximate surface area is 186 Å². The Balaban J connectivity index is 1.40. The van der Waals surface area contributed by atoms with Gasteiger partial charge in [0.15, 0.2) is 10.9 Å². The Morgan fingerprint density at radius 1 is 0.969 bits per heavy atom. The molecule has 2 amide bonds. The number of nitrogens with one attached hydrogen (secondary N) is 2. The Morgan fingerprint density at radius 2 is 1.75 bits per heavy atom. The van der Waals surface area contributed by atoms with Gasteiger partial charge in [-0.05, 0) is 42.0 Å². The van der Waals surface area contributed by atoms with Gasteiger partial charge in [0.05, 0.1) is 18.6 Å². The molecule has 0 saturated carbocycles. The highest BCUT2D eigenvalue weighted by Gasteiger charge is 2.18. The zero-order valence-corrected chi connectivity index (χ0v) is 17.5. The topological polar surface area (TPSA) is 102 Å². The third-order valence-corrected chi connectivity index (χ3v) is 5.36. The molecule has 2 heterocycles. The highest BCUT2D eigenvalue weighted by Crippen LogP contribution is 2.25. The van der Waals surface area contributed by atoms with Gasteiger partial charge in [-0.25, -0.2) is 4.39 Å². The van der Waals surface area contributed by atoms with Gasteiger partial charge >= 0.3 is 0 Å². The molecule has 0 atom stereocenters. The van der Waals surface area contributed by atoms with Crippen LogP contribution in [0.25, 0.3) is 11.6 Å². The van der Waals surface area contributed by atoms with Crippen LogP contribution in [0.15, 0.2) is 82.6 Å². The van der Waals surface area contributed by atoms with Crippen LogP contribution in [0.3, 0.4) is 0 Å². The van der Waals surface area contributed by atoms with Crippen LogP contribution >= 0.6 is 11.8 Å². The van der Waals surface area contributed by atoms with Crippen molar-refractivity contribution >= 4 is 23.6 Å². The highest BCUT2D eigenvalue weighted by molar-refractivity contribution is 7.99. The SMILES string of the molecule is O=C(CSc1nnc(-c2ccco2)n1Cc1ccccc1)NNC(=O)c1ccc(F)cc1. The first kappa shape index (κ1) is 21.3. The number of benzene rings is 2. The van der Waals surface area contributed by atoms with Crippen molar-refractivity contribution in [2.45, 2.75) is 11.7 Å². The molecular formula is C22H18FN5O3S. The number of amides is 2. The van der Waals surface area contributed by atoms with E-state index in [2.05, 4.69) is 21.0 Å². The van der Waals surface area contributed by atoms with Gasteiger partial charge in [-0.3, -0.25) is 25.0 Å². The lowest BCUT2D eigenvalue weighted by Crippen LogP contribution is -2.42. The standard InChI is InChI=1S/C22H18FN5O3S/c23-17-10-8-16(9-11-17)21(30)26-24-19(29)14-32-22-27-25-20(18-7-4-12-31-18)28(22)13-15-5-2-1-3-6-15/h1-12H,13-14H2,(H,24,29)(H,26,30). The first-order valence-electron chi connectivity index (χ1n) is 9.59. The number of hydrogen-bond donors (Lipinski definition) is 2. The monoisotopic (exact) mass is 451 g/mol. The summed E-state index contributed by atoms with van der Waals surface area (Å²) in [6, 6.07) is 18.3. The number of furan rings is 1. The molecule has 2 aromatic heterocycles. The van der Waals surface area contributed by atoms with Gasteiger partial charge in [-0.2, -0.15) is 0 Å². The number of nitrogens with zero attached hydrogens (tertiary/aromatic N) is 3. The predicted octanol–water partition coefficient (Wildman–Crippen LogP) is 3.28. The van der Waals surface area contributed by atoms with Crippen LogP contribution in [0.4, 0.5) is 4.39 Å². The molecule has 8 nitrogen and oxygen atoms in total. The van der Waals surface area contributed by atoms with Crippen molar-refractivity contribution in [2.75, 3.05) is 5.75 Å². The maximum absolute atomic E-state index is 13.0. The number of carbonyl (C=O) groups is 2. The quantitative estimate of drug-likeness (QED) is 0.330. The summed E-state index contributed by atoms with van der Waals surface area (Å²) >= 11 is 1.18. The summed E-state index contributed by atoms with van der Waals surface area (Å²) in [5.41, 5.74) is 5.91. The first-order chi connectivity index (χ1) is 15.6. The molecule has 0 saturated heterocycles. The molecule has 32 heavy (non-hydrogen) atoms. The molecule has 2 N–H and O–H groups in total. The predicted molar refractivity (Wildman–Crippen MR) is 116 cm³/mol. The van der Waals surface area contributed by atoms with Gasteiger partial charge in [0.1, 0.15) is 5.82 Å². The molecule has 10 heteroatoms. The van der Waals surface area contributed by atoms with E-state index in [4.69, 9.17) is 4.42 Å². The van der Waals surface area contributed by atoms with Gasteiger partial charge in [0.2, 0.25) is 11.7 Å². The molecule has 0 bridgehead atoms. The van der Waals surface area contributed by atoms with E-state index in [1.54, 1.807) is 18.4 Å². The average molecular weight is 451 g/mol. The number of thioether (sulfide) groups is 1. The molecule has 0 radical (unpaired) electrons. The molecule has 0 fully saturated rings. The number of aromatic nitrogens is 3. The second kappa shape index (κ2) is 9.92. The van der Waals surface area contributed by atoms with E-state index in [0.29, 0.717) is 23.3 Å². The molecule has 4 rings (SSSR count). The fourth-order valence-corrected chi connectivity index (χ4v) is 3.60. The molecule has 2 aromatic carbocycles. The van der Waals surface area contributed by atoms with Crippen LogP contribution in [0.2, 0.25) is 0 Å². The maximum atomic E-state index is 13.0. The lowest BCUT2D eigenvalue weighted by Gasteiger charge is -2.10. The summed E-state index contributed by atoms with van der Waals surface area (Å²) in [6.45, 7) is 0.495. The second-order valence-electron chi connectivity index (χ2n) is 6.65. The highest BCUT2D eigenvalue weighted by atomic mass is 32.2. The second-order valence-corrected chi connectivity index (χ2v) is 7.60. The zero-order valence-electron chi connectivity index (χ0n) is 16.7. The van der Waals surface area contributed by atoms with E-state index >= 15 is 0 Å². The summed E-state index contributed by atoms with van der Waals surface area (Å²) < 4.78 is 20.3. The summed E-state index contributed by atoms with van der Waals surface area (Å²) in [7, 11) is 0. The molecular weight excluding hydrogens is 433 g/mol. The third-order valence-electron chi connectivity index (χ3n) is 4.40. The van der Waals surface area contributed by atoms with Gasteiger partial charge in [-0.1, -0.05) is 42.1 Å². The molecule has 0 spiro atoms. The molecule has 0 aliphatic carbocycles. The summed E-state index contributed by atoms with van der Waals surface area (Å²) in [6.07, 6.45) is 1.56. The van der Waals surface area contributed by atoms with Gasteiger partial charge in [0, 0.05) is 5.56 Å². The van der Waals surface area contributed by atoms with Crippen molar-refractivity contribution in [3.8, 4) is 11.6 Å². The van der Waals surface area contributed by atoms with Gasteiger partial charge in [0.25, 0.3) is 5.91 Å². The van der Waals surface area contributed by atoms with Crippen molar-refractivity contribution in [3.63, 3.8) is 0 Å². The molecule has 162 valence electrons. The number of carbonyl (C=O) groups excluding carboxylic acids is 2. The smallest absolute Gasteiger partial charge is 0.269 e. The number of hydrazine groups is 1. The zero-order chi connectivity index (χ0) is 22.3. The number of hydrogen-bond acceptors (Lipinski definition) is 6. The van der Waals surface area contributed by atoms with Crippen LogP contribution in [0.5, 0.6) is 0 Å². The molecule has 4 aromatic rings. The minimum absolute atomic E-state index is 0.00518. The van der Waals surface area contributed by atoms with Crippen molar-refractivity contribution in [1.82, 2.24) is 25.6 Å². The van der Waals surface area contributed by atoms with E-state index in [9.17, 15) is 14.0 Å². The van der Waals surface area contributed by atoms with Crippen LogP contribution < -0.4 is 10.9 Å².